The molecular formula is C12H16N6O2. The van der Waals surface area contributed by atoms with E-state index in [4.69, 9.17) is 5.11 Å². The van der Waals surface area contributed by atoms with E-state index in [0.717, 1.165) is 17.8 Å². The van der Waals surface area contributed by atoms with Crippen LogP contribution in [0.3, 0.4) is 0 Å². The van der Waals surface area contributed by atoms with Crippen LogP contribution in [0.15, 0.2) is 12.3 Å². The first-order chi connectivity index (χ1) is 9.74. The summed E-state index contributed by atoms with van der Waals surface area (Å²) in [6, 6.07) is 1.77. The lowest BCUT2D eigenvalue weighted by molar-refractivity contribution is -0.120. The molecular weight excluding hydrogens is 260 g/mol. The normalized spacial score (nSPS) is 18.1. The highest BCUT2D eigenvalue weighted by Crippen LogP contribution is 2.27. The van der Waals surface area contributed by atoms with Gasteiger partial charge in [0.25, 0.3) is 0 Å². The lowest BCUT2D eigenvalue weighted by Crippen LogP contribution is -2.33. The molecule has 8 nitrogen and oxygen atoms in total. The van der Waals surface area contributed by atoms with Crippen LogP contribution in [-0.2, 0) is 17.8 Å². The minimum absolute atomic E-state index is 0.0436. The van der Waals surface area contributed by atoms with Gasteiger partial charge in [0, 0.05) is 25.2 Å². The molecule has 3 heterocycles. The van der Waals surface area contributed by atoms with Crippen molar-refractivity contribution in [1.29, 1.82) is 0 Å². The second kappa shape index (κ2) is 5.04. The van der Waals surface area contributed by atoms with Gasteiger partial charge in [0.2, 0.25) is 6.41 Å². The lowest BCUT2D eigenvalue weighted by atomic mass is 10.1. The minimum atomic E-state index is -0.0653. The van der Waals surface area contributed by atoms with Crippen molar-refractivity contribution in [2.75, 3.05) is 13.2 Å². The average molecular weight is 276 g/mol. The number of aromatic nitrogens is 5. The number of amides is 1. The fourth-order valence-electron chi connectivity index (χ4n) is 2.48. The summed E-state index contributed by atoms with van der Waals surface area (Å²) in [6.45, 7) is 3.09. The van der Waals surface area contributed by atoms with Crippen LogP contribution in [0.5, 0.6) is 0 Å². The van der Waals surface area contributed by atoms with Gasteiger partial charge >= 0.3 is 0 Å². The van der Waals surface area contributed by atoms with Crippen LogP contribution in [0.25, 0.3) is 5.82 Å². The highest BCUT2D eigenvalue weighted by molar-refractivity contribution is 5.49. The number of fused-ring (bicyclic) bond motifs is 1. The summed E-state index contributed by atoms with van der Waals surface area (Å²) in [5.41, 5.74) is 1.81. The van der Waals surface area contributed by atoms with Crippen molar-refractivity contribution in [1.82, 2.24) is 29.7 Å². The van der Waals surface area contributed by atoms with Crippen molar-refractivity contribution in [2.45, 2.75) is 25.9 Å². The Morgan fingerprint density at radius 2 is 2.40 bits per heavy atom. The van der Waals surface area contributed by atoms with E-state index in [-0.39, 0.29) is 12.6 Å². The Hall–Kier alpha value is -2.22. The summed E-state index contributed by atoms with van der Waals surface area (Å²) < 4.78 is 3.37. The molecule has 3 rings (SSSR count). The van der Waals surface area contributed by atoms with Gasteiger partial charge in [0.1, 0.15) is 5.69 Å². The number of aliphatic hydroxyl groups excluding tert-OH is 1. The van der Waals surface area contributed by atoms with Crippen LogP contribution >= 0.6 is 0 Å². The number of aliphatic hydroxyl groups is 1. The van der Waals surface area contributed by atoms with Gasteiger partial charge in [-0.2, -0.15) is 9.78 Å². The van der Waals surface area contributed by atoms with Crippen molar-refractivity contribution in [3.8, 4) is 5.82 Å². The lowest BCUT2D eigenvalue weighted by Gasteiger charge is -2.28. The van der Waals surface area contributed by atoms with Gasteiger partial charge in [-0.25, -0.2) is 0 Å². The first-order valence-electron chi connectivity index (χ1n) is 6.54. The molecule has 20 heavy (non-hydrogen) atoms. The van der Waals surface area contributed by atoms with Crippen molar-refractivity contribution in [3.63, 3.8) is 0 Å². The predicted octanol–water partition coefficient (Wildman–Crippen LogP) is -0.468. The van der Waals surface area contributed by atoms with E-state index in [0.29, 0.717) is 25.3 Å². The van der Waals surface area contributed by atoms with Gasteiger partial charge in [0.05, 0.1) is 24.9 Å². The Kier molecular flexibility index (Phi) is 3.23. The number of hydrogen-bond donors (Lipinski definition) is 1. The van der Waals surface area contributed by atoms with Gasteiger partial charge in [-0.05, 0) is 6.92 Å². The summed E-state index contributed by atoms with van der Waals surface area (Å²) in [7, 11) is 0. The zero-order valence-electron chi connectivity index (χ0n) is 11.2. The Morgan fingerprint density at radius 3 is 3.15 bits per heavy atom. The van der Waals surface area contributed by atoms with E-state index in [1.807, 2.05) is 13.0 Å². The molecule has 0 spiro atoms. The number of hydrogen-bond acceptors (Lipinski definition) is 5. The molecule has 1 unspecified atom stereocenters. The molecule has 0 radical (unpaired) electrons. The highest BCUT2D eigenvalue weighted by Gasteiger charge is 2.28. The number of carbonyl (C=O) groups excluding carboxylic acids is 1. The summed E-state index contributed by atoms with van der Waals surface area (Å²) in [5, 5.41) is 21.6. The van der Waals surface area contributed by atoms with Gasteiger partial charge in [-0.1, -0.05) is 5.21 Å². The van der Waals surface area contributed by atoms with E-state index >= 15 is 0 Å². The van der Waals surface area contributed by atoms with E-state index < -0.39 is 0 Å². The second-order valence-electron chi connectivity index (χ2n) is 4.76. The number of carbonyl (C=O) groups is 1. The summed E-state index contributed by atoms with van der Waals surface area (Å²) in [5.74, 6) is 0.680. The van der Waals surface area contributed by atoms with E-state index in [2.05, 4.69) is 15.4 Å². The van der Waals surface area contributed by atoms with Crippen LogP contribution < -0.4 is 0 Å². The van der Waals surface area contributed by atoms with Crippen LogP contribution in [0, 0.1) is 0 Å². The minimum Gasteiger partial charge on any atom is -0.394 e. The Morgan fingerprint density at radius 1 is 1.55 bits per heavy atom. The standard InChI is InChI=1S/C12H16N6O2/c1-9-12-10(2-4-16(9)8-20)18(15-13-12)11-3-5-17(14-11)6-7-19/h3,5,8-9,19H,2,4,6-7H2,1H3. The van der Waals surface area contributed by atoms with Gasteiger partial charge in [-0.3, -0.25) is 9.48 Å². The molecule has 1 atom stereocenters. The zero-order chi connectivity index (χ0) is 14.1. The summed E-state index contributed by atoms with van der Waals surface area (Å²) in [6.07, 6.45) is 3.35. The molecule has 0 aliphatic carbocycles. The maximum atomic E-state index is 11.0. The molecule has 8 heteroatoms. The molecule has 1 aliphatic heterocycles. The summed E-state index contributed by atoms with van der Waals surface area (Å²) >= 11 is 0. The van der Waals surface area contributed by atoms with Crippen LogP contribution in [0.1, 0.15) is 24.4 Å². The second-order valence-corrected chi connectivity index (χ2v) is 4.76. The third-order valence-electron chi connectivity index (χ3n) is 3.60. The molecule has 0 aromatic carbocycles. The Labute approximate surface area is 115 Å². The summed E-state index contributed by atoms with van der Waals surface area (Å²) in [4.78, 5) is 12.7. The molecule has 1 aliphatic rings. The maximum absolute atomic E-state index is 11.0. The van der Waals surface area contributed by atoms with Crippen molar-refractivity contribution >= 4 is 6.41 Å². The smallest absolute Gasteiger partial charge is 0.210 e. The Bertz CT molecular complexity index is 619. The predicted molar refractivity (Wildman–Crippen MR) is 69.1 cm³/mol. The van der Waals surface area contributed by atoms with Crippen LogP contribution in [0.4, 0.5) is 0 Å². The van der Waals surface area contributed by atoms with Gasteiger partial charge in [0.15, 0.2) is 5.82 Å². The largest absolute Gasteiger partial charge is 0.394 e. The molecule has 0 bridgehead atoms. The first-order valence-corrected chi connectivity index (χ1v) is 6.54. The van der Waals surface area contributed by atoms with E-state index in [1.165, 1.54) is 0 Å². The fraction of sp³-hybridized carbons (Fsp3) is 0.500. The number of nitrogens with zero attached hydrogens (tertiary/aromatic N) is 6. The van der Waals surface area contributed by atoms with Crippen molar-refractivity contribution in [2.24, 2.45) is 0 Å². The quantitative estimate of drug-likeness (QED) is 0.763. The Balaban J connectivity index is 1.94. The van der Waals surface area contributed by atoms with Crippen molar-refractivity contribution in [3.05, 3.63) is 23.7 Å². The van der Waals surface area contributed by atoms with Crippen LogP contribution in [0.2, 0.25) is 0 Å². The van der Waals surface area contributed by atoms with E-state index in [1.54, 1.807) is 20.5 Å². The number of rotatable bonds is 4. The molecule has 1 N–H and O–H groups in total. The van der Waals surface area contributed by atoms with Crippen LogP contribution in [-0.4, -0.2) is 54.3 Å². The SMILES string of the molecule is CC1c2nnn(-c3ccn(CCO)n3)c2CCN1C=O. The molecule has 1 amide bonds. The maximum Gasteiger partial charge on any atom is 0.210 e. The third-order valence-corrected chi connectivity index (χ3v) is 3.60. The highest BCUT2D eigenvalue weighted by atomic mass is 16.3. The zero-order valence-corrected chi connectivity index (χ0v) is 11.2. The fourth-order valence-corrected chi connectivity index (χ4v) is 2.48. The van der Waals surface area contributed by atoms with E-state index in [9.17, 15) is 4.79 Å². The van der Waals surface area contributed by atoms with Gasteiger partial charge in [-0.15, -0.1) is 5.10 Å². The monoisotopic (exact) mass is 276 g/mol. The first kappa shape index (κ1) is 12.8. The molecule has 2 aromatic rings. The molecule has 0 saturated heterocycles. The molecule has 2 aromatic heterocycles. The van der Waals surface area contributed by atoms with Crippen molar-refractivity contribution < 1.29 is 9.90 Å². The average Bonchev–Trinajstić information content (AvgIpc) is 3.06. The topological polar surface area (TPSA) is 89.1 Å². The molecule has 106 valence electrons. The van der Waals surface area contributed by atoms with Gasteiger partial charge < -0.3 is 10.0 Å². The molecule has 0 fully saturated rings. The molecule has 0 saturated carbocycles. The third kappa shape index (κ3) is 1.97.